The van der Waals surface area contributed by atoms with Crippen molar-refractivity contribution >= 4 is 23.7 Å². The third kappa shape index (κ3) is 7.84. The summed E-state index contributed by atoms with van der Waals surface area (Å²) in [6, 6.07) is 22.1. The van der Waals surface area contributed by atoms with Crippen LogP contribution in [0.2, 0.25) is 0 Å². The second kappa shape index (κ2) is 12.1. The predicted molar refractivity (Wildman–Crippen MR) is 121 cm³/mol. The van der Waals surface area contributed by atoms with Gasteiger partial charge in [-0.05, 0) is 29.7 Å². The lowest BCUT2D eigenvalue weighted by Crippen LogP contribution is -2.35. The molecule has 3 aromatic rings. The van der Waals surface area contributed by atoms with Crippen molar-refractivity contribution in [3.8, 4) is 0 Å². The predicted octanol–water partition coefficient (Wildman–Crippen LogP) is 4.18. The van der Waals surface area contributed by atoms with E-state index in [0.29, 0.717) is 25.6 Å². The number of hydrogen-bond acceptors (Lipinski definition) is 4. The maximum Gasteiger partial charge on any atom is 0.270 e. The number of benzene rings is 3. The van der Waals surface area contributed by atoms with Crippen molar-refractivity contribution in [2.75, 3.05) is 18.5 Å². The van der Waals surface area contributed by atoms with Crippen molar-refractivity contribution in [3.05, 3.63) is 102 Å². The number of carbonyl (C=O) groups is 2. The molecular formula is C25H23F2N3O3. The highest BCUT2D eigenvalue weighted by atomic mass is 19.1. The van der Waals surface area contributed by atoms with Crippen LogP contribution in [0.15, 0.2) is 84.0 Å². The molecule has 0 fully saturated rings. The summed E-state index contributed by atoms with van der Waals surface area (Å²) in [6.07, 6.45) is 1.45. The molecule has 0 spiro atoms. The Morgan fingerprint density at radius 1 is 0.939 bits per heavy atom. The van der Waals surface area contributed by atoms with Crippen LogP contribution in [0, 0.1) is 11.6 Å². The summed E-state index contributed by atoms with van der Waals surface area (Å²) in [5.41, 5.74) is 1.88. The Hall–Kier alpha value is -4.07. The summed E-state index contributed by atoms with van der Waals surface area (Å²) in [7, 11) is 0. The lowest BCUT2D eigenvalue weighted by molar-refractivity contribution is -0.136. The van der Waals surface area contributed by atoms with Crippen molar-refractivity contribution in [1.29, 1.82) is 0 Å². The molecule has 6 nitrogen and oxygen atoms in total. The molecule has 1 N–H and O–H groups in total. The quantitative estimate of drug-likeness (QED) is 0.371. The van der Waals surface area contributed by atoms with Crippen LogP contribution in [0.3, 0.4) is 0 Å². The molecule has 0 aliphatic heterocycles. The smallest absolute Gasteiger partial charge is 0.270 e. The first kappa shape index (κ1) is 23.6. The number of nitrogens with zero attached hydrogens (tertiary/aromatic N) is 2. The minimum atomic E-state index is -0.914. The Balaban J connectivity index is 1.53. The summed E-state index contributed by atoms with van der Waals surface area (Å²) >= 11 is 0. The Morgan fingerprint density at radius 2 is 1.61 bits per heavy atom. The van der Waals surface area contributed by atoms with Crippen LogP contribution in [0.1, 0.15) is 11.1 Å². The molecule has 0 saturated heterocycles. The van der Waals surface area contributed by atoms with Crippen molar-refractivity contribution in [1.82, 2.24) is 4.90 Å². The average Bonchev–Trinajstić information content (AvgIpc) is 2.82. The molecular weight excluding hydrogens is 428 g/mol. The van der Waals surface area contributed by atoms with E-state index in [9.17, 15) is 18.4 Å². The van der Waals surface area contributed by atoms with Gasteiger partial charge < -0.3 is 15.1 Å². The van der Waals surface area contributed by atoms with E-state index in [1.165, 1.54) is 0 Å². The van der Waals surface area contributed by atoms with E-state index < -0.39 is 17.5 Å². The topological polar surface area (TPSA) is 71.0 Å². The van der Waals surface area contributed by atoms with Gasteiger partial charge in [-0.25, -0.2) is 8.78 Å². The van der Waals surface area contributed by atoms with Gasteiger partial charge in [-0.1, -0.05) is 65.8 Å². The second-order valence-electron chi connectivity index (χ2n) is 7.16. The molecule has 3 aromatic carbocycles. The van der Waals surface area contributed by atoms with E-state index in [4.69, 9.17) is 4.84 Å². The summed E-state index contributed by atoms with van der Waals surface area (Å²) in [5, 5.41) is 5.70. The molecule has 0 saturated carbocycles. The van der Waals surface area contributed by atoms with E-state index in [-0.39, 0.29) is 18.2 Å². The van der Waals surface area contributed by atoms with Crippen LogP contribution in [0.5, 0.6) is 0 Å². The van der Waals surface area contributed by atoms with Gasteiger partial charge in [0.25, 0.3) is 11.8 Å². The van der Waals surface area contributed by atoms with Crippen molar-refractivity contribution in [3.63, 3.8) is 0 Å². The van der Waals surface area contributed by atoms with Gasteiger partial charge in [0.2, 0.25) is 0 Å². The van der Waals surface area contributed by atoms with E-state index >= 15 is 0 Å². The monoisotopic (exact) mass is 451 g/mol. The highest BCUT2D eigenvalue weighted by Gasteiger charge is 2.15. The van der Waals surface area contributed by atoms with Gasteiger partial charge in [-0.15, -0.1) is 0 Å². The fourth-order valence-corrected chi connectivity index (χ4v) is 3.03. The highest BCUT2D eigenvalue weighted by Crippen LogP contribution is 2.14. The van der Waals surface area contributed by atoms with Crippen LogP contribution in [0.25, 0.3) is 0 Å². The molecule has 0 unspecified atom stereocenters. The molecule has 8 heteroatoms. The molecule has 0 heterocycles. The largest absolute Gasteiger partial charge is 0.386 e. The van der Waals surface area contributed by atoms with Crippen LogP contribution >= 0.6 is 0 Å². The van der Waals surface area contributed by atoms with Crippen LogP contribution < -0.4 is 5.32 Å². The van der Waals surface area contributed by atoms with Gasteiger partial charge in [0.05, 0.1) is 5.69 Å². The molecule has 3 rings (SSSR count). The maximum atomic E-state index is 13.6. The molecule has 2 amide bonds. The zero-order valence-corrected chi connectivity index (χ0v) is 17.8. The Labute approximate surface area is 190 Å². The molecule has 33 heavy (non-hydrogen) atoms. The first-order valence-electron chi connectivity index (χ1n) is 10.3. The summed E-state index contributed by atoms with van der Waals surface area (Å²) in [4.78, 5) is 31.2. The average molecular weight is 451 g/mol. The zero-order valence-electron chi connectivity index (χ0n) is 17.8. The minimum Gasteiger partial charge on any atom is -0.386 e. The van der Waals surface area contributed by atoms with Crippen LogP contribution in [-0.2, 0) is 27.4 Å². The van der Waals surface area contributed by atoms with Gasteiger partial charge >= 0.3 is 0 Å². The molecule has 0 aliphatic rings. The Bertz CT molecular complexity index is 1090. The normalized spacial score (nSPS) is 10.7. The van der Waals surface area contributed by atoms with Crippen molar-refractivity contribution in [2.45, 2.75) is 13.0 Å². The molecule has 170 valence electrons. The maximum absolute atomic E-state index is 13.6. The number of halogens is 2. The summed E-state index contributed by atoms with van der Waals surface area (Å²) in [5.74, 6) is -2.74. The van der Waals surface area contributed by atoms with E-state index in [1.54, 1.807) is 4.90 Å². The number of carbonyl (C=O) groups excluding carboxylic acids is 2. The summed E-state index contributed by atoms with van der Waals surface area (Å²) < 4.78 is 26.5. The SMILES string of the molecule is O=C(/C=N/OCC(=O)N(CCc1ccccc1)Cc1ccccc1)Nc1ccc(F)cc1F. The van der Waals surface area contributed by atoms with Gasteiger partial charge in [0.1, 0.15) is 17.8 Å². The third-order valence-electron chi connectivity index (χ3n) is 4.70. The van der Waals surface area contributed by atoms with Crippen LogP contribution in [0.4, 0.5) is 14.5 Å². The van der Waals surface area contributed by atoms with Gasteiger partial charge in [-0.3, -0.25) is 9.59 Å². The first-order chi connectivity index (χ1) is 16.0. The Morgan fingerprint density at radius 3 is 2.27 bits per heavy atom. The molecule has 0 aromatic heterocycles. The van der Waals surface area contributed by atoms with E-state index in [0.717, 1.165) is 29.5 Å². The zero-order chi connectivity index (χ0) is 23.5. The van der Waals surface area contributed by atoms with E-state index in [2.05, 4.69) is 10.5 Å². The number of rotatable bonds is 10. The number of amides is 2. The standard InChI is InChI=1S/C25H23F2N3O3/c26-21-11-12-23(22(27)15-21)29-24(31)16-28-33-18-25(32)30(17-20-9-5-2-6-10-20)14-13-19-7-3-1-4-8-19/h1-12,15-16H,13-14,17-18H2,(H,29,31)/b28-16+. The third-order valence-corrected chi connectivity index (χ3v) is 4.70. The second-order valence-corrected chi connectivity index (χ2v) is 7.16. The molecule has 0 atom stereocenters. The van der Waals surface area contributed by atoms with E-state index in [1.807, 2.05) is 60.7 Å². The van der Waals surface area contributed by atoms with Crippen LogP contribution in [-0.4, -0.2) is 36.1 Å². The highest BCUT2D eigenvalue weighted by molar-refractivity contribution is 6.31. The molecule has 0 radical (unpaired) electrons. The van der Waals surface area contributed by atoms with Gasteiger partial charge in [0, 0.05) is 19.2 Å². The van der Waals surface area contributed by atoms with Gasteiger partial charge in [-0.2, -0.15) is 0 Å². The number of nitrogens with one attached hydrogen (secondary N) is 1. The lowest BCUT2D eigenvalue weighted by Gasteiger charge is -2.22. The van der Waals surface area contributed by atoms with Gasteiger partial charge in [0.15, 0.2) is 6.61 Å². The van der Waals surface area contributed by atoms with Crippen molar-refractivity contribution < 1.29 is 23.2 Å². The minimum absolute atomic E-state index is 0.195. The first-order valence-corrected chi connectivity index (χ1v) is 10.3. The van der Waals surface area contributed by atoms with Crippen molar-refractivity contribution in [2.24, 2.45) is 5.16 Å². The fourth-order valence-electron chi connectivity index (χ4n) is 3.03. The number of oxime groups is 1. The Kier molecular flexibility index (Phi) is 8.64. The number of anilines is 1. The molecule has 0 aliphatic carbocycles. The molecule has 0 bridgehead atoms. The summed E-state index contributed by atoms with van der Waals surface area (Å²) in [6.45, 7) is 0.523. The number of hydrogen-bond donors (Lipinski definition) is 1. The fraction of sp³-hybridized carbons (Fsp3) is 0.160. The lowest BCUT2D eigenvalue weighted by atomic mass is 10.1.